The molecule has 1 atom stereocenters. The van der Waals surface area contributed by atoms with Crippen molar-refractivity contribution in [2.45, 2.75) is 18.7 Å². The lowest BCUT2D eigenvalue weighted by Crippen LogP contribution is -2.12. The van der Waals surface area contributed by atoms with Gasteiger partial charge in [0, 0.05) is 12.4 Å². The number of hydrogen-bond acceptors (Lipinski definition) is 4. The summed E-state index contributed by atoms with van der Waals surface area (Å²) < 4.78 is 17.3. The summed E-state index contributed by atoms with van der Waals surface area (Å²) in [6.07, 6.45) is 3.49. The van der Waals surface area contributed by atoms with Gasteiger partial charge in [-0.25, -0.2) is 4.21 Å². The van der Waals surface area contributed by atoms with Gasteiger partial charge in [-0.3, -0.25) is 9.97 Å². The number of rotatable bonds is 0. The van der Waals surface area contributed by atoms with Gasteiger partial charge in [0.25, 0.3) is 0 Å². The number of aryl methyl sites for hydroxylation is 2. The van der Waals surface area contributed by atoms with E-state index in [1.165, 1.54) is 0 Å². The Morgan fingerprint density at radius 1 is 1.06 bits per heavy atom. The summed E-state index contributed by atoms with van der Waals surface area (Å²) in [6.45, 7) is 3.82. The molecule has 0 radical (unpaired) electrons. The third-order valence-corrected chi connectivity index (χ3v) is 3.55. The molecule has 0 spiro atoms. The van der Waals surface area contributed by atoms with E-state index in [2.05, 4.69) is 9.97 Å². The maximum atomic E-state index is 11.9. The number of hydrogen-bond donors (Lipinski definition) is 0. The zero-order chi connectivity index (χ0) is 12.0. The highest BCUT2D eigenvalue weighted by molar-refractivity contribution is 7.80. The fourth-order valence-corrected chi connectivity index (χ4v) is 2.73. The second-order valence-electron chi connectivity index (χ2n) is 4.04. The van der Waals surface area contributed by atoms with Gasteiger partial charge in [0.1, 0.15) is 16.3 Å². The van der Waals surface area contributed by atoms with Crippen LogP contribution in [0, 0.1) is 13.8 Å². The highest BCUT2D eigenvalue weighted by Gasteiger charge is 2.26. The van der Waals surface area contributed by atoms with Gasteiger partial charge in [0.05, 0.1) is 0 Å². The van der Waals surface area contributed by atoms with Crippen LogP contribution in [0.5, 0.6) is 5.75 Å². The lowest BCUT2D eigenvalue weighted by molar-refractivity contribution is 0.555. The highest BCUT2D eigenvalue weighted by atomic mass is 32.2. The standard InChI is InChI=1S/C12H10N2O2S/c1-7-3-9-11(13-5-7)12-10(17(15)16-9)4-8(2)6-14-12/h3-6H,1-2H3. The van der Waals surface area contributed by atoms with Crippen LogP contribution in [0.4, 0.5) is 0 Å². The van der Waals surface area contributed by atoms with E-state index in [-0.39, 0.29) is 0 Å². The smallest absolute Gasteiger partial charge is 0.243 e. The molecule has 1 aliphatic heterocycles. The molecule has 0 aromatic carbocycles. The third-order valence-electron chi connectivity index (χ3n) is 2.55. The van der Waals surface area contributed by atoms with Crippen molar-refractivity contribution >= 4 is 11.1 Å². The predicted octanol–water partition coefficient (Wildman–Crippen LogP) is 2.18. The van der Waals surface area contributed by atoms with Crippen molar-refractivity contribution < 1.29 is 8.39 Å². The average molecular weight is 246 g/mol. The lowest BCUT2D eigenvalue weighted by atomic mass is 10.2. The maximum Gasteiger partial charge on any atom is 0.243 e. The van der Waals surface area contributed by atoms with Crippen molar-refractivity contribution in [1.82, 2.24) is 9.97 Å². The van der Waals surface area contributed by atoms with Crippen LogP contribution in [-0.4, -0.2) is 14.2 Å². The first-order chi connectivity index (χ1) is 8.15. The van der Waals surface area contributed by atoms with E-state index in [0.29, 0.717) is 22.0 Å². The fraction of sp³-hybridized carbons (Fsp3) is 0.167. The first-order valence-electron chi connectivity index (χ1n) is 5.19. The zero-order valence-corrected chi connectivity index (χ0v) is 10.2. The van der Waals surface area contributed by atoms with Crippen molar-refractivity contribution in [3.8, 4) is 17.1 Å². The van der Waals surface area contributed by atoms with Gasteiger partial charge in [-0.15, -0.1) is 0 Å². The van der Waals surface area contributed by atoms with Crippen LogP contribution in [0.1, 0.15) is 11.1 Å². The predicted molar refractivity (Wildman–Crippen MR) is 64.0 cm³/mol. The number of pyridine rings is 2. The van der Waals surface area contributed by atoms with Gasteiger partial charge in [0.15, 0.2) is 5.75 Å². The molecule has 1 unspecified atom stereocenters. The summed E-state index contributed by atoms with van der Waals surface area (Å²) in [6, 6.07) is 3.65. The van der Waals surface area contributed by atoms with Crippen molar-refractivity contribution in [2.75, 3.05) is 0 Å². The van der Waals surface area contributed by atoms with Crippen LogP contribution < -0.4 is 4.18 Å². The van der Waals surface area contributed by atoms with E-state index < -0.39 is 11.1 Å². The third kappa shape index (κ3) is 1.63. The van der Waals surface area contributed by atoms with Crippen LogP contribution >= 0.6 is 0 Å². The van der Waals surface area contributed by atoms with Gasteiger partial charge < -0.3 is 4.18 Å². The van der Waals surface area contributed by atoms with Gasteiger partial charge in [-0.2, -0.15) is 0 Å². The average Bonchev–Trinajstić information content (AvgIpc) is 2.29. The summed E-state index contributed by atoms with van der Waals surface area (Å²) in [5, 5.41) is 0. The van der Waals surface area contributed by atoms with Crippen LogP contribution in [0.2, 0.25) is 0 Å². The monoisotopic (exact) mass is 246 g/mol. The Labute approximate surface area is 101 Å². The SMILES string of the molecule is Cc1cnc2c(c1)OS(=O)c1cc(C)cnc1-2. The summed E-state index contributed by atoms with van der Waals surface area (Å²) in [4.78, 5) is 9.20. The van der Waals surface area contributed by atoms with Crippen LogP contribution in [0.15, 0.2) is 29.4 Å². The molecule has 0 saturated heterocycles. The Morgan fingerprint density at radius 3 is 2.47 bits per heavy atom. The van der Waals surface area contributed by atoms with Crippen molar-refractivity contribution in [1.29, 1.82) is 0 Å². The molecule has 86 valence electrons. The van der Waals surface area contributed by atoms with Crippen LogP contribution in [0.25, 0.3) is 11.4 Å². The van der Waals surface area contributed by atoms with Crippen molar-refractivity contribution in [3.63, 3.8) is 0 Å². The largest absolute Gasteiger partial charge is 0.395 e. The van der Waals surface area contributed by atoms with E-state index in [9.17, 15) is 4.21 Å². The topological polar surface area (TPSA) is 52.1 Å². The van der Waals surface area contributed by atoms with Gasteiger partial charge in [-0.05, 0) is 37.1 Å². The van der Waals surface area contributed by atoms with Crippen LogP contribution in [0.3, 0.4) is 0 Å². The summed E-state index contributed by atoms with van der Waals surface area (Å²) in [5.74, 6) is 0.534. The van der Waals surface area contributed by atoms with E-state index >= 15 is 0 Å². The minimum absolute atomic E-state index is 0.534. The summed E-state index contributed by atoms with van der Waals surface area (Å²) in [5.41, 5.74) is 3.23. The molecule has 1 aliphatic rings. The maximum absolute atomic E-state index is 11.9. The molecule has 17 heavy (non-hydrogen) atoms. The van der Waals surface area contributed by atoms with Crippen molar-refractivity contribution in [3.05, 3.63) is 35.7 Å². The molecule has 0 N–H and O–H groups in total. The summed E-state index contributed by atoms with van der Waals surface area (Å²) >= 11 is -1.50. The molecule has 0 aliphatic carbocycles. The molecule has 2 aromatic rings. The fourth-order valence-electron chi connectivity index (χ4n) is 1.76. The van der Waals surface area contributed by atoms with E-state index in [1.54, 1.807) is 12.4 Å². The molecule has 4 nitrogen and oxygen atoms in total. The van der Waals surface area contributed by atoms with E-state index in [0.717, 1.165) is 11.1 Å². The molecule has 2 aromatic heterocycles. The highest BCUT2D eigenvalue weighted by Crippen LogP contribution is 2.36. The Kier molecular flexibility index (Phi) is 2.22. The quantitative estimate of drug-likeness (QED) is 0.715. The Balaban J connectivity index is 2.30. The van der Waals surface area contributed by atoms with Gasteiger partial charge in [-0.1, -0.05) is 0 Å². The second kappa shape index (κ2) is 3.63. The molecule has 3 heterocycles. The van der Waals surface area contributed by atoms with E-state index in [4.69, 9.17) is 4.18 Å². The van der Waals surface area contributed by atoms with Gasteiger partial charge >= 0.3 is 0 Å². The molecule has 3 rings (SSSR count). The van der Waals surface area contributed by atoms with Crippen LogP contribution in [-0.2, 0) is 11.1 Å². The number of nitrogens with zero attached hydrogens (tertiary/aromatic N) is 2. The Morgan fingerprint density at radius 2 is 1.71 bits per heavy atom. The second-order valence-corrected chi connectivity index (χ2v) is 5.11. The van der Waals surface area contributed by atoms with Gasteiger partial charge in [0.2, 0.25) is 11.1 Å². The minimum Gasteiger partial charge on any atom is -0.395 e. The molecule has 0 bridgehead atoms. The normalized spacial score (nSPS) is 16.9. The number of aromatic nitrogens is 2. The number of fused-ring (bicyclic) bond motifs is 3. The molecule has 0 amide bonds. The molecule has 0 fully saturated rings. The Hall–Kier alpha value is -1.75. The Bertz CT molecular complexity index is 640. The first kappa shape index (κ1) is 10.4. The van der Waals surface area contributed by atoms with E-state index in [1.807, 2.05) is 26.0 Å². The zero-order valence-electron chi connectivity index (χ0n) is 9.43. The first-order valence-corrected chi connectivity index (χ1v) is 6.26. The summed E-state index contributed by atoms with van der Waals surface area (Å²) in [7, 11) is 0. The van der Waals surface area contributed by atoms with Crippen molar-refractivity contribution in [2.24, 2.45) is 0 Å². The lowest BCUT2D eigenvalue weighted by Gasteiger charge is -2.17. The molecular formula is C12H10N2O2S. The molecule has 5 heteroatoms. The minimum atomic E-state index is -1.50. The molecule has 0 saturated carbocycles. The molecular weight excluding hydrogens is 236 g/mol.